The zero-order valence-electron chi connectivity index (χ0n) is 14.8. The predicted octanol–water partition coefficient (Wildman–Crippen LogP) is 3.94. The quantitative estimate of drug-likeness (QED) is 0.653. The fourth-order valence-electron chi connectivity index (χ4n) is 3.74. The number of aromatic nitrogens is 1. The van der Waals surface area contributed by atoms with E-state index in [9.17, 15) is 0 Å². The molecule has 0 saturated carbocycles. The monoisotopic (exact) mass is 395 g/mol. The van der Waals surface area contributed by atoms with E-state index in [2.05, 4.69) is 43.8 Å². The summed E-state index contributed by atoms with van der Waals surface area (Å²) in [5.41, 5.74) is 1.29. The molecule has 0 amide bonds. The lowest BCUT2D eigenvalue weighted by Crippen LogP contribution is -2.30. The Labute approximate surface area is 154 Å². The third-order valence-electron chi connectivity index (χ3n) is 5.35. The van der Waals surface area contributed by atoms with Crippen LogP contribution in [0.1, 0.15) is 44.1 Å². The van der Waals surface area contributed by atoms with Gasteiger partial charge in [0.2, 0.25) is 5.88 Å². The molecule has 24 heavy (non-hydrogen) atoms. The Morgan fingerprint density at radius 2 is 1.96 bits per heavy atom. The molecule has 1 aromatic heterocycles. The predicted molar refractivity (Wildman–Crippen MR) is 101 cm³/mol. The molecule has 2 aliphatic heterocycles. The summed E-state index contributed by atoms with van der Waals surface area (Å²) in [6.07, 6.45) is 9.63. The molecule has 3 rings (SSSR count). The van der Waals surface area contributed by atoms with Crippen molar-refractivity contribution in [3.63, 3.8) is 0 Å². The van der Waals surface area contributed by atoms with Gasteiger partial charge in [-0.2, -0.15) is 0 Å². The van der Waals surface area contributed by atoms with Gasteiger partial charge in [-0.3, -0.25) is 4.90 Å². The maximum Gasteiger partial charge on any atom is 0.213 e. The van der Waals surface area contributed by atoms with Crippen LogP contribution in [0.5, 0.6) is 5.88 Å². The molecule has 0 aromatic carbocycles. The number of piperidine rings is 1. The van der Waals surface area contributed by atoms with Crippen molar-refractivity contribution in [2.24, 2.45) is 5.92 Å². The van der Waals surface area contributed by atoms with Gasteiger partial charge in [-0.25, -0.2) is 4.98 Å². The molecule has 2 saturated heterocycles. The van der Waals surface area contributed by atoms with Gasteiger partial charge in [0.15, 0.2) is 0 Å². The summed E-state index contributed by atoms with van der Waals surface area (Å²) in [4.78, 5) is 9.35. The van der Waals surface area contributed by atoms with E-state index in [0.29, 0.717) is 0 Å². The Morgan fingerprint density at radius 3 is 2.71 bits per heavy atom. The molecule has 0 bridgehead atoms. The molecule has 0 aliphatic carbocycles. The number of pyridine rings is 1. The summed E-state index contributed by atoms with van der Waals surface area (Å²) in [6.45, 7) is 6.70. The highest BCUT2D eigenvalue weighted by Crippen LogP contribution is 2.24. The molecule has 4 nitrogen and oxygen atoms in total. The van der Waals surface area contributed by atoms with Gasteiger partial charge >= 0.3 is 0 Å². The topological polar surface area (TPSA) is 28.6 Å². The molecule has 0 radical (unpaired) electrons. The minimum atomic E-state index is 0.774. The summed E-state index contributed by atoms with van der Waals surface area (Å²) in [5, 5.41) is 0. The van der Waals surface area contributed by atoms with E-state index >= 15 is 0 Å². The van der Waals surface area contributed by atoms with Crippen LogP contribution in [-0.2, 0) is 6.54 Å². The fourth-order valence-corrected chi connectivity index (χ4v) is 4.08. The van der Waals surface area contributed by atoms with Gasteiger partial charge in [-0.05, 0) is 99.2 Å². The molecular weight excluding hydrogens is 366 g/mol. The Kier molecular flexibility index (Phi) is 6.93. The van der Waals surface area contributed by atoms with Crippen LogP contribution in [0.2, 0.25) is 0 Å². The van der Waals surface area contributed by atoms with Gasteiger partial charge in [0.25, 0.3) is 0 Å². The smallest absolute Gasteiger partial charge is 0.213 e. The number of hydrogen-bond acceptors (Lipinski definition) is 4. The zero-order valence-corrected chi connectivity index (χ0v) is 16.4. The fraction of sp³-hybridized carbons (Fsp3) is 0.737. The maximum absolute atomic E-state index is 5.92. The van der Waals surface area contributed by atoms with Gasteiger partial charge in [0, 0.05) is 23.3 Å². The average molecular weight is 396 g/mol. The van der Waals surface area contributed by atoms with Crippen molar-refractivity contribution in [3.8, 4) is 5.88 Å². The van der Waals surface area contributed by atoms with Crippen LogP contribution in [0.3, 0.4) is 0 Å². The molecule has 0 N–H and O–H groups in total. The van der Waals surface area contributed by atoms with Gasteiger partial charge in [-0.15, -0.1) is 0 Å². The maximum atomic E-state index is 5.92. The molecular formula is C19H30BrN3O. The molecule has 0 atom stereocenters. The van der Waals surface area contributed by atoms with Gasteiger partial charge in [0.05, 0.1) is 6.61 Å². The first-order valence-electron chi connectivity index (χ1n) is 9.39. The average Bonchev–Trinajstić information content (AvgIpc) is 3.09. The van der Waals surface area contributed by atoms with Crippen LogP contribution >= 0.6 is 15.9 Å². The third-order valence-corrected chi connectivity index (χ3v) is 6.06. The highest BCUT2D eigenvalue weighted by molar-refractivity contribution is 9.10. The molecule has 2 fully saturated rings. The summed E-state index contributed by atoms with van der Waals surface area (Å²) in [6, 6.07) is 2.11. The van der Waals surface area contributed by atoms with Crippen LogP contribution in [0.4, 0.5) is 0 Å². The van der Waals surface area contributed by atoms with Gasteiger partial charge < -0.3 is 9.64 Å². The Hall–Kier alpha value is -0.650. The normalized spacial score (nSPS) is 20.6. The van der Waals surface area contributed by atoms with Crippen molar-refractivity contribution >= 4 is 15.9 Å². The summed E-state index contributed by atoms with van der Waals surface area (Å²) in [5.74, 6) is 1.66. The number of halogens is 1. The van der Waals surface area contributed by atoms with E-state index in [1.54, 1.807) is 0 Å². The molecule has 0 spiro atoms. The number of ether oxygens (including phenoxy) is 1. The number of rotatable bonds is 7. The van der Waals surface area contributed by atoms with Crippen LogP contribution < -0.4 is 4.74 Å². The molecule has 2 aliphatic rings. The first-order chi connectivity index (χ1) is 11.7. The van der Waals surface area contributed by atoms with Crippen molar-refractivity contribution in [1.82, 2.24) is 14.8 Å². The first-order valence-corrected chi connectivity index (χ1v) is 10.2. The Morgan fingerprint density at radius 1 is 1.21 bits per heavy atom. The second kappa shape index (κ2) is 9.16. The first kappa shape index (κ1) is 18.2. The lowest BCUT2D eigenvalue weighted by molar-refractivity contribution is 0.199. The lowest BCUT2D eigenvalue weighted by atomic mass is 9.93. The van der Waals surface area contributed by atoms with E-state index in [0.717, 1.165) is 35.8 Å². The largest absolute Gasteiger partial charge is 0.478 e. The minimum Gasteiger partial charge on any atom is -0.478 e. The minimum absolute atomic E-state index is 0.774. The number of nitrogens with zero attached hydrogens (tertiary/aromatic N) is 3. The highest BCUT2D eigenvalue weighted by Gasteiger charge is 2.16. The van der Waals surface area contributed by atoms with Crippen LogP contribution in [0, 0.1) is 5.92 Å². The Balaban J connectivity index is 1.41. The zero-order chi connectivity index (χ0) is 16.8. The highest BCUT2D eigenvalue weighted by atomic mass is 79.9. The second-order valence-electron chi connectivity index (χ2n) is 7.33. The van der Waals surface area contributed by atoms with Crippen molar-refractivity contribution in [1.29, 1.82) is 0 Å². The van der Waals surface area contributed by atoms with Crippen LogP contribution in [0.25, 0.3) is 0 Å². The molecule has 1 aromatic rings. The van der Waals surface area contributed by atoms with Crippen molar-refractivity contribution in [2.75, 3.05) is 39.8 Å². The van der Waals surface area contributed by atoms with Crippen molar-refractivity contribution in [2.45, 2.75) is 45.1 Å². The van der Waals surface area contributed by atoms with Crippen LogP contribution in [0.15, 0.2) is 16.7 Å². The van der Waals surface area contributed by atoms with Gasteiger partial charge in [0.1, 0.15) is 0 Å². The van der Waals surface area contributed by atoms with E-state index < -0.39 is 0 Å². The summed E-state index contributed by atoms with van der Waals surface area (Å²) < 4.78 is 7.01. The molecule has 0 unspecified atom stereocenters. The van der Waals surface area contributed by atoms with Gasteiger partial charge in [-0.1, -0.05) is 0 Å². The van der Waals surface area contributed by atoms with Crippen molar-refractivity contribution < 1.29 is 4.74 Å². The molecule has 134 valence electrons. The van der Waals surface area contributed by atoms with E-state index in [1.165, 1.54) is 63.8 Å². The SMILES string of the molecule is CN1CCC(CCCOc2cc(CN3CCCC3)c(Br)cn2)CC1. The summed E-state index contributed by atoms with van der Waals surface area (Å²) in [7, 11) is 2.22. The Bertz CT molecular complexity index is 511. The molecule has 3 heterocycles. The number of likely N-dealkylation sites (tertiary alicyclic amines) is 2. The lowest BCUT2D eigenvalue weighted by Gasteiger charge is -2.28. The van der Waals surface area contributed by atoms with Crippen LogP contribution in [-0.4, -0.2) is 54.6 Å². The van der Waals surface area contributed by atoms with E-state index in [4.69, 9.17) is 4.74 Å². The molecule has 5 heteroatoms. The standard InChI is InChI=1S/C19H30BrN3O/c1-22-10-6-16(7-11-22)5-4-12-24-19-13-17(18(20)14-21-19)15-23-8-2-3-9-23/h13-14,16H,2-12,15H2,1H3. The van der Waals surface area contributed by atoms with E-state index in [1.807, 2.05) is 6.20 Å². The van der Waals surface area contributed by atoms with E-state index in [-0.39, 0.29) is 0 Å². The number of hydrogen-bond donors (Lipinski definition) is 0. The van der Waals surface area contributed by atoms with Crippen molar-refractivity contribution in [3.05, 3.63) is 22.3 Å². The second-order valence-corrected chi connectivity index (χ2v) is 8.19. The summed E-state index contributed by atoms with van der Waals surface area (Å²) >= 11 is 3.63. The third kappa shape index (κ3) is 5.43.